The molecule has 74 valence electrons. The average molecular weight is 247 g/mol. The van der Waals surface area contributed by atoms with Gasteiger partial charge in [-0.15, -0.1) is 0 Å². The Kier molecular flexibility index (Phi) is 3.65. The van der Waals surface area contributed by atoms with E-state index in [9.17, 15) is 9.59 Å². The highest BCUT2D eigenvalue weighted by Crippen LogP contribution is 2.32. The predicted molar refractivity (Wildman–Crippen MR) is 54.9 cm³/mol. The van der Waals surface area contributed by atoms with Crippen molar-refractivity contribution in [1.29, 1.82) is 0 Å². The molecule has 0 amide bonds. The summed E-state index contributed by atoms with van der Waals surface area (Å²) in [5.41, 5.74) is 0. The van der Waals surface area contributed by atoms with E-state index < -0.39 is 4.83 Å². The van der Waals surface area contributed by atoms with E-state index >= 15 is 0 Å². The molecule has 2 nitrogen and oxygen atoms in total. The first-order valence-corrected chi connectivity index (χ1v) is 5.73. The Morgan fingerprint density at radius 3 is 2.38 bits per heavy atom. The van der Waals surface area contributed by atoms with Gasteiger partial charge in [0, 0.05) is 12.3 Å². The number of alkyl halides is 1. The molecule has 0 aliphatic heterocycles. The van der Waals surface area contributed by atoms with Crippen molar-refractivity contribution >= 4 is 27.5 Å². The van der Waals surface area contributed by atoms with Gasteiger partial charge in [-0.05, 0) is 12.3 Å². The molecule has 1 rings (SSSR count). The average Bonchev–Trinajstić information content (AvgIpc) is 2.13. The quantitative estimate of drug-likeness (QED) is 0.554. The first-order chi connectivity index (χ1) is 6.11. The zero-order valence-corrected chi connectivity index (χ0v) is 9.63. The Labute approximate surface area is 87.2 Å². The van der Waals surface area contributed by atoms with Crippen molar-refractivity contribution in [2.24, 2.45) is 11.8 Å². The lowest BCUT2D eigenvalue weighted by Crippen LogP contribution is -2.41. The highest BCUT2D eigenvalue weighted by Gasteiger charge is 2.39. The first kappa shape index (κ1) is 10.9. The molecule has 0 N–H and O–H groups in total. The molecular weight excluding hydrogens is 232 g/mol. The van der Waals surface area contributed by atoms with Crippen molar-refractivity contribution < 1.29 is 9.59 Å². The van der Waals surface area contributed by atoms with Crippen LogP contribution < -0.4 is 0 Å². The van der Waals surface area contributed by atoms with Gasteiger partial charge >= 0.3 is 0 Å². The third-order valence-corrected chi connectivity index (χ3v) is 3.86. The number of carbonyl (C=O) groups is 2. The van der Waals surface area contributed by atoms with Crippen LogP contribution in [0, 0.1) is 11.8 Å². The Morgan fingerprint density at radius 1 is 1.31 bits per heavy atom. The SMILES string of the molecule is CCC1CC(=O)C(Br)C(=O)C1CC. The third-order valence-electron chi connectivity index (χ3n) is 2.89. The highest BCUT2D eigenvalue weighted by molar-refractivity contribution is 9.10. The van der Waals surface area contributed by atoms with Crippen LogP contribution in [-0.2, 0) is 9.59 Å². The second kappa shape index (κ2) is 4.36. The summed E-state index contributed by atoms with van der Waals surface area (Å²) in [6, 6.07) is 0. The number of hydrogen-bond acceptors (Lipinski definition) is 2. The van der Waals surface area contributed by atoms with Gasteiger partial charge < -0.3 is 0 Å². The van der Waals surface area contributed by atoms with Gasteiger partial charge in [-0.3, -0.25) is 9.59 Å². The first-order valence-electron chi connectivity index (χ1n) is 4.82. The molecule has 1 saturated carbocycles. The molecule has 3 unspecified atom stereocenters. The molecule has 0 aromatic rings. The van der Waals surface area contributed by atoms with Crippen molar-refractivity contribution in [2.45, 2.75) is 37.9 Å². The van der Waals surface area contributed by atoms with Crippen molar-refractivity contribution in [3.05, 3.63) is 0 Å². The highest BCUT2D eigenvalue weighted by atomic mass is 79.9. The molecule has 0 bridgehead atoms. The van der Waals surface area contributed by atoms with Crippen molar-refractivity contribution in [2.75, 3.05) is 0 Å². The summed E-state index contributed by atoms with van der Waals surface area (Å²) >= 11 is 3.16. The van der Waals surface area contributed by atoms with Crippen LogP contribution in [0.4, 0.5) is 0 Å². The lowest BCUT2D eigenvalue weighted by Gasteiger charge is -2.30. The fourth-order valence-electron chi connectivity index (χ4n) is 2.05. The van der Waals surface area contributed by atoms with Crippen LogP contribution in [0.15, 0.2) is 0 Å². The summed E-state index contributed by atoms with van der Waals surface area (Å²) in [5.74, 6) is 0.512. The number of hydrogen-bond donors (Lipinski definition) is 0. The molecule has 0 radical (unpaired) electrons. The second-order valence-electron chi connectivity index (χ2n) is 3.62. The monoisotopic (exact) mass is 246 g/mol. The molecule has 1 aliphatic rings. The number of rotatable bonds is 2. The van der Waals surface area contributed by atoms with Crippen molar-refractivity contribution in [1.82, 2.24) is 0 Å². The third kappa shape index (κ3) is 2.01. The Bertz CT molecular complexity index is 225. The summed E-state index contributed by atoms with van der Waals surface area (Å²) < 4.78 is 0. The molecule has 0 aromatic carbocycles. The fraction of sp³-hybridized carbons (Fsp3) is 0.800. The molecule has 3 atom stereocenters. The van der Waals surface area contributed by atoms with E-state index in [4.69, 9.17) is 0 Å². The van der Waals surface area contributed by atoms with Gasteiger partial charge in [0.25, 0.3) is 0 Å². The predicted octanol–water partition coefficient (Wildman–Crippen LogP) is 2.34. The maximum atomic E-state index is 11.7. The van der Waals surface area contributed by atoms with E-state index in [0.29, 0.717) is 6.42 Å². The molecule has 1 aliphatic carbocycles. The van der Waals surface area contributed by atoms with E-state index in [1.807, 2.05) is 13.8 Å². The smallest absolute Gasteiger partial charge is 0.157 e. The van der Waals surface area contributed by atoms with Crippen LogP contribution in [0.1, 0.15) is 33.1 Å². The van der Waals surface area contributed by atoms with Crippen LogP contribution in [-0.4, -0.2) is 16.4 Å². The number of ketones is 2. The Balaban J connectivity index is 2.81. The molecule has 13 heavy (non-hydrogen) atoms. The van der Waals surface area contributed by atoms with E-state index in [2.05, 4.69) is 15.9 Å². The largest absolute Gasteiger partial charge is 0.298 e. The lowest BCUT2D eigenvalue weighted by molar-refractivity contribution is -0.134. The van der Waals surface area contributed by atoms with Gasteiger partial charge in [0.1, 0.15) is 4.83 Å². The zero-order valence-electron chi connectivity index (χ0n) is 8.05. The van der Waals surface area contributed by atoms with Crippen LogP contribution in [0.5, 0.6) is 0 Å². The standard InChI is InChI=1S/C10H15BrO2/c1-3-6-5-8(12)9(11)10(13)7(6)4-2/h6-7,9H,3-5H2,1-2H3. The van der Waals surface area contributed by atoms with Crippen molar-refractivity contribution in [3.63, 3.8) is 0 Å². The minimum absolute atomic E-state index is 0.0570. The second-order valence-corrected chi connectivity index (χ2v) is 4.53. The maximum absolute atomic E-state index is 11.7. The van der Waals surface area contributed by atoms with Gasteiger partial charge in [-0.2, -0.15) is 0 Å². The number of carbonyl (C=O) groups excluding carboxylic acids is 2. The number of halogens is 1. The normalized spacial score (nSPS) is 35.2. The fourth-order valence-corrected chi connectivity index (χ4v) is 2.57. The van der Waals surface area contributed by atoms with E-state index in [-0.39, 0.29) is 23.4 Å². The molecular formula is C10H15BrO2. The zero-order chi connectivity index (χ0) is 10.0. The minimum Gasteiger partial charge on any atom is -0.298 e. The topological polar surface area (TPSA) is 34.1 Å². The van der Waals surface area contributed by atoms with E-state index in [0.717, 1.165) is 12.8 Å². The Morgan fingerprint density at radius 2 is 1.92 bits per heavy atom. The number of Topliss-reactive ketones (excluding diaryl/α,β-unsaturated/α-hetero) is 2. The Hall–Kier alpha value is -0.180. The van der Waals surface area contributed by atoms with Crippen molar-refractivity contribution in [3.8, 4) is 0 Å². The van der Waals surface area contributed by atoms with E-state index in [1.165, 1.54) is 0 Å². The lowest BCUT2D eigenvalue weighted by atomic mass is 9.75. The van der Waals surface area contributed by atoms with Gasteiger partial charge in [0.15, 0.2) is 11.6 Å². The van der Waals surface area contributed by atoms with E-state index in [1.54, 1.807) is 0 Å². The summed E-state index contributed by atoms with van der Waals surface area (Å²) in [4.78, 5) is 22.5. The van der Waals surface area contributed by atoms with Crippen LogP contribution in [0.2, 0.25) is 0 Å². The van der Waals surface area contributed by atoms with Gasteiger partial charge in [0.05, 0.1) is 0 Å². The molecule has 0 heterocycles. The molecule has 3 heteroatoms. The van der Waals surface area contributed by atoms with Crippen LogP contribution in [0.3, 0.4) is 0 Å². The van der Waals surface area contributed by atoms with Gasteiger partial charge in [0.2, 0.25) is 0 Å². The summed E-state index contributed by atoms with van der Waals surface area (Å²) in [6.45, 7) is 4.06. The summed E-state index contributed by atoms with van der Waals surface area (Å²) in [6.07, 6.45) is 2.35. The summed E-state index contributed by atoms with van der Waals surface area (Å²) in [5, 5.41) is 0. The van der Waals surface area contributed by atoms with Crippen LogP contribution in [0.25, 0.3) is 0 Å². The van der Waals surface area contributed by atoms with Gasteiger partial charge in [-0.1, -0.05) is 36.2 Å². The van der Waals surface area contributed by atoms with Crippen LogP contribution >= 0.6 is 15.9 Å². The maximum Gasteiger partial charge on any atom is 0.157 e. The molecule has 0 saturated heterocycles. The molecule has 0 spiro atoms. The molecule has 1 fully saturated rings. The molecule has 0 aromatic heterocycles. The minimum atomic E-state index is -0.528. The summed E-state index contributed by atoms with van der Waals surface area (Å²) in [7, 11) is 0. The van der Waals surface area contributed by atoms with Gasteiger partial charge in [-0.25, -0.2) is 0 Å².